The fraction of sp³-hybridized carbons (Fsp3) is 0.391. The van der Waals surface area contributed by atoms with Crippen LogP contribution in [0.25, 0.3) is 10.6 Å². The third-order valence-electron chi connectivity index (χ3n) is 6.74. The van der Waals surface area contributed by atoms with Gasteiger partial charge in [0.15, 0.2) is 0 Å². The van der Waals surface area contributed by atoms with Crippen LogP contribution in [0.5, 0.6) is 0 Å². The van der Waals surface area contributed by atoms with Crippen LogP contribution in [0.3, 0.4) is 0 Å². The predicted octanol–water partition coefficient (Wildman–Crippen LogP) is 3.20. The molecule has 3 heterocycles. The molecular formula is C23H22F3N3O6S2. The molecule has 9 nitrogen and oxygen atoms in total. The number of carboxylic acid groups (broad SMARTS) is 1. The molecule has 2 aliphatic rings. The molecular weight excluding hydrogens is 535 g/mol. The summed E-state index contributed by atoms with van der Waals surface area (Å²) in [4.78, 5) is 14.8. The zero-order chi connectivity index (χ0) is 26.5. The number of alkyl halides is 3. The SMILES string of the molecule is O=C(O)[C@@]1(NS(=O)(=O)c2ccc(-c3cc(C(F)(F)F)on3)s2)C[C@@]1(CN1CCOCC1)c1ccccc1. The third kappa shape index (κ3) is 4.68. The number of morpholine rings is 1. The average molecular weight is 558 g/mol. The molecule has 2 aromatic heterocycles. The maximum Gasteiger partial charge on any atom is 0.452 e. The quantitative estimate of drug-likeness (QED) is 0.433. The Bertz CT molecular complexity index is 1400. The van der Waals surface area contributed by atoms with Gasteiger partial charge in [0.2, 0.25) is 5.76 Å². The van der Waals surface area contributed by atoms with Gasteiger partial charge in [-0.2, -0.15) is 17.9 Å². The molecule has 0 spiro atoms. The van der Waals surface area contributed by atoms with E-state index in [1.165, 1.54) is 12.1 Å². The molecule has 1 aromatic carbocycles. The van der Waals surface area contributed by atoms with Crippen molar-refractivity contribution in [3.63, 3.8) is 0 Å². The van der Waals surface area contributed by atoms with Gasteiger partial charge in [0, 0.05) is 31.1 Å². The second-order valence-electron chi connectivity index (χ2n) is 9.02. The highest BCUT2D eigenvalue weighted by molar-refractivity contribution is 7.91. The topological polar surface area (TPSA) is 122 Å². The van der Waals surface area contributed by atoms with Crippen molar-refractivity contribution in [3.05, 3.63) is 59.9 Å². The van der Waals surface area contributed by atoms with Crippen LogP contribution in [-0.2, 0) is 31.1 Å². The van der Waals surface area contributed by atoms with Gasteiger partial charge in [-0.1, -0.05) is 35.5 Å². The molecule has 0 amide bonds. The van der Waals surface area contributed by atoms with Gasteiger partial charge in [-0.3, -0.25) is 9.69 Å². The summed E-state index contributed by atoms with van der Waals surface area (Å²) in [6, 6.07) is 12.1. The standard InChI is InChI=1S/C23H22F3N3O6S2/c24-23(25,26)18-12-16(27-35-18)17-6-7-19(36-17)37(32,33)28-22(20(30)31)13-21(22,15-4-2-1-3-5-15)14-29-8-10-34-11-9-29/h1-7,12,28H,8-11,13-14H2,(H,30,31)/t21-,22+/m1/s1. The van der Waals surface area contributed by atoms with Crippen LogP contribution in [0.4, 0.5) is 13.2 Å². The van der Waals surface area contributed by atoms with Gasteiger partial charge in [-0.15, -0.1) is 11.3 Å². The van der Waals surface area contributed by atoms with Gasteiger partial charge in [-0.05, 0) is 24.1 Å². The molecule has 14 heteroatoms. The summed E-state index contributed by atoms with van der Waals surface area (Å²) < 4.78 is 77.3. The van der Waals surface area contributed by atoms with Crippen molar-refractivity contribution in [1.82, 2.24) is 14.8 Å². The lowest BCUT2D eigenvalue weighted by Gasteiger charge is -2.33. The van der Waals surface area contributed by atoms with Crippen LogP contribution in [0.15, 0.2) is 57.3 Å². The Morgan fingerprint density at radius 3 is 2.49 bits per heavy atom. The number of carboxylic acids is 1. The summed E-state index contributed by atoms with van der Waals surface area (Å²) in [6.07, 6.45) is -4.70. The fourth-order valence-electron chi connectivity index (χ4n) is 4.80. The molecule has 37 heavy (non-hydrogen) atoms. The highest BCUT2D eigenvalue weighted by Gasteiger charge is 2.75. The predicted molar refractivity (Wildman–Crippen MR) is 126 cm³/mol. The molecule has 5 rings (SSSR count). The van der Waals surface area contributed by atoms with Crippen molar-refractivity contribution in [3.8, 4) is 10.6 Å². The van der Waals surface area contributed by atoms with Crippen LogP contribution in [0.1, 0.15) is 17.7 Å². The first kappa shape index (κ1) is 25.9. The number of aromatic nitrogens is 1. The van der Waals surface area contributed by atoms with Crippen LogP contribution in [0, 0.1) is 0 Å². The first-order chi connectivity index (χ1) is 17.5. The molecule has 3 aromatic rings. The second-order valence-corrected chi connectivity index (χ2v) is 12.0. The van der Waals surface area contributed by atoms with E-state index < -0.39 is 38.9 Å². The van der Waals surface area contributed by atoms with Gasteiger partial charge >= 0.3 is 12.1 Å². The average Bonchev–Trinajstić information content (AvgIpc) is 3.25. The van der Waals surface area contributed by atoms with Gasteiger partial charge in [0.1, 0.15) is 15.4 Å². The normalized spacial score (nSPS) is 24.7. The maximum absolute atomic E-state index is 13.4. The van der Waals surface area contributed by atoms with E-state index in [4.69, 9.17) is 4.74 Å². The van der Waals surface area contributed by atoms with Crippen molar-refractivity contribution in [2.24, 2.45) is 0 Å². The highest BCUT2D eigenvalue weighted by atomic mass is 32.2. The molecule has 1 saturated carbocycles. The number of hydrogen-bond donors (Lipinski definition) is 2. The minimum Gasteiger partial charge on any atom is -0.480 e. The minimum absolute atomic E-state index is 0.0341. The van der Waals surface area contributed by atoms with Crippen molar-refractivity contribution >= 4 is 27.3 Å². The number of sulfonamides is 1. The van der Waals surface area contributed by atoms with Gasteiger partial charge in [0.25, 0.3) is 10.0 Å². The number of halogens is 3. The number of carbonyl (C=O) groups is 1. The summed E-state index contributed by atoms with van der Waals surface area (Å²) in [6.45, 7) is 2.47. The van der Waals surface area contributed by atoms with Gasteiger partial charge < -0.3 is 14.4 Å². The van der Waals surface area contributed by atoms with Crippen LogP contribution in [-0.4, -0.2) is 67.9 Å². The summed E-state index contributed by atoms with van der Waals surface area (Å²) in [5.74, 6) is -2.62. The number of thiophene rings is 1. The monoisotopic (exact) mass is 557 g/mol. The van der Waals surface area contributed by atoms with Crippen molar-refractivity contribution in [2.45, 2.75) is 27.8 Å². The number of nitrogens with zero attached hydrogens (tertiary/aromatic N) is 2. The molecule has 198 valence electrons. The lowest BCUT2D eigenvalue weighted by atomic mass is 9.89. The van der Waals surface area contributed by atoms with Crippen molar-refractivity contribution in [1.29, 1.82) is 0 Å². The first-order valence-corrected chi connectivity index (χ1v) is 13.5. The first-order valence-electron chi connectivity index (χ1n) is 11.2. The number of hydrogen-bond acceptors (Lipinski definition) is 8. The summed E-state index contributed by atoms with van der Waals surface area (Å²) in [7, 11) is -4.37. The Morgan fingerprint density at radius 1 is 1.16 bits per heavy atom. The molecule has 2 atom stereocenters. The molecule has 0 bridgehead atoms. The number of nitrogens with one attached hydrogen (secondary N) is 1. The van der Waals surface area contributed by atoms with E-state index in [9.17, 15) is 31.5 Å². The van der Waals surface area contributed by atoms with Crippen LogP contribution >= 0.6 is 11.3 Å². The smallest absolute Gasteiger partial charge is 0.452 e. The molecule has 1 aliphatic carbocycles. The third-order valence-corrected chi connectivity index (χ3v) is 9.84. The maximum atomic E-state index is 13.4. The van der Waals surface area contributed by atoms with E-state index in [0.717, 1.165) is 0 Å². The summed E-state index contributed by atoms with van der Waals surface area (Å²) >= 11 is 0.669. The van der Waals surface area contributed by atoms with Gasteiger partial charge in [0.05, 0.1) is 18.1 Å². The Kier molecular flexibility index (Phi) is 6.43. The summed E-state index contributed by atoms with van der Waals surface area (Å²) in [5, 5.41) is 13.7. The van der Waals surface area contributed by atoms with E-state index in [-0.39, 0.29) is 21.2 Å². The van der Waals surface area contributed by atoms with Crippen molar-refractivity contribution in [2.75, 3.05) is 32.8 Å². The number of ether oxygens (including phenoxy) is 1. The Hall–Kier alpha value is -2.78. The Balaban J connectivity index is 1.46. The zero-order valence-corrected chi connectivity index (χ0v) is 20.8. The molecule has 2 fully saturated rings. The van der Waals surface area contributed by atoms with Crippen LogP contribution < -0.4 is 4.72 Å². The number of aliphatic carboxylic acids is 1. The lowest BCUT2D eigenvalue weighted by molar-refractivity contribution is -0.155. The van der Waals surface area contributed by atoms with Crippen LogP contribution in [0.2, 0.25) is 0 Å². The molecule has 1 aliphatic heterocycles. The lowest BCUT2D eigenvalue weighted by Crippen LogP contribution is -2.52. The van der Waals surface area contributed by atoms with E-state index in [1.54, 1.807) is 30.3 Å². The zero-order valence-electron chi connectivity index (χ0n) is 19.2. The van der Waals surface area contributed by atoms with Crippen molar-refractivity contribution < 1.29 is 40.8 Å². The van der Waals surface area contributed by atoms with Gasteiger partial charge in [-0.25, -0.2) is 8.42 Å². The van der Waals surface area contributed by atoms with E-state index in [2.05, 4.69) is 19.3 Å². The fourth-order valence-corrected chi connectivity index (χ4v) is 7.49. The van der Waals surface area contributed by atoms with E-state index in [0.29, 0.717) is 55.8 Å². The largest absolute Gasteiger partial charge is 0.480 e. The second kappa shape index (κ2) is 9.20. The highest BCUT2D eigenvalue weighted by Crippen LogP contribution is 2.59. The molecule has 0 unspecified atom stereocenters. The number of benzene rings is 1. The number of rotatable bonds is 8. The van der Waals surface area contributed by atoms with E-state index >= 15 is 0 Å². The summed E-state index contributed by atoms with van der Waals surface area (Å²) in [5.41, 5.74) is -2.32. The Morgan fingerprint density at radius 2 is 1.86 bits per heavy atom. The molecule has 2 N–H and O–H groups in total. The van der Waals surface area contributed by atoms with E-state index in [1.807, 2.05) is 0 Å². The Labute approximate surface area is 213 Å². The minimum atomic E-state index is -4.74. The molecule has 1 saturated heterocycles. The molecule has 0 radical (unpaired) electrons.